The number of nitrogens with two attached hydrogens (primary N) is 1. The van der Waals surface area contributed by atoms with E-state index in [1.165, 1.54) is 30.5 Å². The molecule has 31 heavy (non-hydrogen) atoms. The molecule has 4 aromatic rings. The van der Waals surface area contributed by atoms with Gasteiger partial charge in [-0.25, -0.2) is 16.8 Å². The molecule has 0 radical (unpaired) electrons. The Labute approximate surface area is 178 Å². The second-order valence-corrected chi connectivity index (χ2v) is 9.57. The molecule has 7 nitrogen and oxygen atoms in total. The predicted molar refractivity (Wildman–Crippen MR) is 113 cm³/mol. The van der Waals surface area contributed by atoms with Crippen LogP contribution in [0.4, 0.5) is 4.39 Å². The number of nitrogens with zero attached hydrogens (tertiary/aromatic N) is 3. The number of amides is 1. The first-order valence-electron chi connectivity index (χ1n) is 9.79. The van der Waals surface area contributed by atoms with Crippen LogP contribution in [0.15, 0.2) is 72.0 Å². The summed E-state index contributed by atoms with van der Waals surface area (Å²) in [6, 6.07) is 12.2. The van der Waals surface area contributed by atoms with Gasteiger partial charge in [-0.3, -0.25) is 9.48 Å². The van der Waals surface area contributed by atoms with Crippen LogP contribution < -0.4 is 5.73 Å². The number of aromatic nitrogens is 3. The summed E-state index contributed by atoms with van der Waals surface area (Å²) in [6.45, 7) is 0. The van der Waals surface area contributed by atoms with Crippen LogP contribution >= 0.6 is 0 Å². The summed E-state index contributed by atoms with van der Waals surface area (Å²) >= 11 is 0. The van der Waals surface area contributed by atoms with Gasteiger partial charge >= 0.3 is 0 Å². The smallest absolute Gasteiger partial charge is 0.268 e. The number of halogens is 1. The van der Waals surface area contributed by atoms with E-state index in [-0.39, 0.29) is 28.3 Å². The van der Waals surface area contributed by atoms with E-state index in [4.69, 9.17) is 5.73 Å². The Balaban J connectivity index is 1.59. The van der Waals surface area contributed by atoms with Crippen molar-refractivity contribution < 1.29 is 17.6 Å². The lowest BCUT2D eigenvalue weighted by Gasteiger charge is -2.33. The Morgan fingerprint density at radius 1 is 1.10 bits per heavy atom. The van der Waals surface area contributed by atoms with Crippen molar-refractivity contribution in [1.29, 1.82) is 0 Å². The molecule has 2 heterocycles. The molecule has 1 aliphatic carbocycles. The molecule has 1 aliphatic rings. The van der Waals surface area contributed by atoms with E-state index >= 15 is 0 Å². The summed E-state index contributed by atoms with van der Waals surface area (Å²) in [6.07, 6.45) is 6.23. The van der Waals surface area contributed by atoms with Gasteiger partial charge in [0.1, 0.15) is 5.82 Å². The molecule has 1 saturated carbocycles. The largest absolute Gasteiger partial charge is 0.369 e. The molecule has 158 valence electrons. The lowest BCUT2D eigenvalue weighted by molar-refractivity contribution is -0.125. The molecule has 0 spiro atoms. The number of carbonyl (C=O) groups is 1. The van der Waals surface area contributed by atoms with Gasteiger partial charge < -0.3 is 5.73 Å². The molecule has 0 atom stereocenters. The van der Waals surface area contributed by atoms with E-state index in [0.717, 1.165) is 3.97 Å². The Morgan fingerprint density at radius 3 is 2.55 bits per heavy atom. The highest BCUT2D eigenvalue weighted by Gasteiger charge is 2.35. The molecule has 0 aliphatic heterocycles. The molecular weight excluding hydrogens is 419 g/mol. The lowest BCUT2D eigenvalue weighted by atomic mass is 9.80. The van der Waals surface area contributed by atoms with E-state index in [0.29, 0.717) is 29.4 Å². The molecule has 5 rings (SSSR count). The summed E-state index contributed by atoms with van der Waals surface area (Å²) < 4.78 is 43.4. The van der Waals surface area contributed by atoms with Gasteiger partial charge in [-0.15, -0.1) is 0 Å². The van der Waals surface area contributed by atoms with Crippen LogP contribution in [-0.4, -0.2) is 28.1 Å². The zero-order valence-corrected chi connectivity index (χ0v) is 17.2. The summed E-state index contributed by atoms with van der Waals surface area (Å²) in [5, 5.41) is 5.00. The molecule has 1 fully saturated rings. The molecule has 1 amide bonds. The van der Waals surface area contributed by atoms with Crippen LogP contribution in [0.5, 0.6) is 0 Å². The minimum absolute atomic E-state index is 0.0742. The van der Waals surface area contributed by atoms with Crippen molar-refractivity contribution in [1.82, 2.24) is 13.8 Å². The third-order valence-corrected chi connectivity index (χ3v) is 7.52. The van der Waals surface area contributed by atoms with Gasteiger partial charge in [-0.05, 0) is 43.2 Å². The molecule has 2 N–H and O–H groups in total. The summed E-state index contributed by atoms with van der Waals surface area (Å²) in [5.41, 5.74) is 6.94. The summed E-state index contributed by atoms with van der Waals surface area (Å²) in [7, 11) is -3.92. The minimum Gasteiger partial charge on any atom is -0.369 e. The third-order valence-electron chi connectivity index (χ3n) is 5.84. The van der Waals surface area contributed by atoms with Crippen LogP contribution in [-0.2, 0) is 14.8 Å². The molecule has 2 aromatic heterocycles. The molecule has 0 saturated heterocycles. The second-order valence-electron chi connectivity index (χ2n) is 7.75. The number of benzene rings is 2. The van der Waals surface area contributed by atoms with E-state index in [1.54, 1.807) is 35.1 Å². The number of carbonyl (C=O) groups excluding carboxylic acids is 1. The van der Waals surface area contributed by atoms with Gasteiger partial charge in [0, 0.05) is 34.8 Å². The zero-order chi connectivity index (χ0) is 21.8. The molecule has 9 heteroatoms. The van der Waals surface area contributed by atoms with E-state index < -0.39 is 15.8 Å². The Hall–Kier alpha value is -3.46. The number of primary amides is 1. The summed E-state index contributed by atoms with van der Waals surface area (Å²) in [4.78, 5) is 11.4. The van der Waals surface area contributed by atoms with Crippen molar-refractivity contribution in [3.8, 4) is 11.1 Å². The predicted octanol–water partition coefficient (Wildman–Crippen LogP) is 3.32. The highest BCUT2D eigenvalue weighted by atomic mass is 32.2. The van der Waals surface area contributed by atoms with Crippen LogP contribution in [0.3, 0.4) is 0 Å². The molecule has 0 unspecified atom stereocenters. The van der Waals surface area contributed by atoms with Crippen molar-refractivity contribution in [3.05, 3.63) is 72.9 Å². The van der Waals surface area contributed by atoms with Gasteiger partial charge in [-0.1, -0.05) is 18.2 Å². The van der Waals surface area contributed by atoms with E-state index in [1.807, 2.05) is 6.20 Å². The third kappa shape index (κ3) is 3.21. The number of fused-ring (bicyclic) bond motifs is 1. The Kier molecular flexibility index (Phi) is 4.44. The maximum Gasteiger partial charge on any atom is 0.268 e. The van der Waals surface area contributed by atoms with Crippen molar-refractivity contribution in [2.45, 2.75) is 23.8 Å². The van der Waals surface area contributed by atoms with Gasteiger partial charge in [0.25, 0.3) is 10.0 Å². The lowest BCUT2D eigenvalue weighted by Crippen LogP contribution is -2.36. The number of rotatable bonds is 5. The van der Waals surface area contributed by atoms with Gasteiger partial charge in [0.2, 0.25) is 5.91 Å². The normalized spacial score (nSPS) is 18.7. The maximum atomic E-state index is 14.0. The maximum absolute atomic E-state index is 14.0. The molecule has 0 bridgehead atoms. The van der Waals surface area contributed by atoms with Gasteiger partial charge in [-0.2, -0.15) is 5.10 Å². The van der Waals surface area contributed by atoms with Crippen molar-refractivity contribution >= 4 is 26.8 Å². The first-order valence-corrected chi connectivity index (χ1v) is 11.2. The standard InChI is InChI=1S/C22H19FN4O3S/c23-16-6-7-19-20(15-11-25-26(12-15)17-8-14(9-17)22(24)28)13-27(21(19)10-16)31(29,30)18-4-2-1-3-5-18/h1-7,10-14,17H,8-9H2,(H2,24,28)/t14-,17-. The average Bonchev–Trinajstić information content (AvgIpc) is 3.32. The van der Waals surface area contributed by atoms with Crippen LogP contribution in [0.25, 0.3) is 22.0 Å². The fourth-order valence-corrected chi connectivity index (χ4v) is 5.40. The fraction of sp³-hybridized carbons (Fsp3) is 0.182. The monoisotopic (exact) mass is 438 g/mol. The second kappa shape index (κ2) is 7.05. The quantitative estimate of drug-likeness (QED) is 0.517. The zero-order valence-electron chi connectivity index (χ0n) is 16.3. The number of hydrogen-bond acceptors (Lipinski definition) is 4. The highest BCUT2D eigenvalue weighted by Crippen LogP contribution is 2.39. The highest BCUT2D eigenvalue weighted by molar-refractivity contribution is 7.90. The van der Waals surface area contributed by atoms with Crippen molar-refractivity contribution in [3.63, 3.8) is 0 Å². The Morgan fingerprint density at radius 2 is 1.84 bits per heavy atom. The van der Waals surface area contributed by atoms with Crippen LogP contribution in [0.1, 0.15) is 18.9 Å². The Bertz CT molecular complexity index is 1400. The minimum atomic E-state index is -3.92. The van der Waals surface area contributed by atoms with Crippen LogP contribution in [0, 0.1) is 11.7 Å². The first-order chi connectivity index (χ1) is 14.8. The van der Waals surface area contributed by atoms with Crippen molar-refractivity contribution in [2.75, 3.05) is 0 Å². The first kappa shape index (κ1) is 19.5. The van der Waals surface area contributed by atoms with Crippen LogP contribution in [0.2, 0.25) is 0 Å². The van der Waals surface area contributed by atoms with Gasteiger partial charge in [0.15, 0.2) is 0 Å². The fourth-order valence-electron chi connectivity index (χ4n) is 4.02. The van der Waals surface area contributed by atoms with Gasteiger partial charge in [0.05, 0.1) is 22.7 Å². The molecular formula is C22H19FN4O3S. The van der Waals surface area contributed by atoms with Crippen molar-refractivity contribution in [2.24, 2.45) is 11.7 Å². The van der Waals surface area contributed by atoms with E-state index in [2.05, 4.69) is 5.10 Å². The van der Waals surface area contributed by atoms with E-state index in [9.17, 15) is 17.6 Å². The summed E-state index contributed by atoms with van der Waals surface area (Å²) in [5.74, 6) is -0.970. The topological polar surface area (TPSA) is 100.0 Å². The SMILES string of the molecule is NC(=O)[C@H]1C[C@H](n2cc(-c3cn(S(=O)(=O)c4ccccc4)c4cc(F)ccc34)cn2)C1. The molecule has 2 aromatic carbocycles. The number of hydrogen-bond donors (Lipinski definition) is 1. The average molecular weight is 438 g/mol.